The molecule has 0 aliphatic rings. The predicted octanol–water partition coefficient (Wildman–Crippen LogP) is 2.32. The minimum atomic E-state index is -1.21. The number of nitrogens with one attached hydrogen (secondary N) is 1. The van der Waals surface area contributed by atoms with Crippen LogP contribution >= 0.6 is 11.3 Å². The van der Waals surface area contributed by atoms with Gasteiger partial charge in [0.25, 0.3) is 5.56 Å². The maximum Gasteiger partial charge on any atom is 0.341 e. The van der Waals surface area contributed by atoms with Gasteiger partial charge in [-0.2, -0.15) is 0 Å². The molecule has 4 nitrogen and oxygen atoms in total. The van der Waals surface area contributed by atoms with Crippen LogP contribution in [-0.2, 0) is 0 Å². The summed E-state index contributed by atoms with van der Waals surface area (Å²) in [5.41, 5.74) is 0.727. The van der Waals surface area contributed by atoms with Crippen molar-refractivity contribution in [2.24, 2.45) is 0 Å². The molecule has 2 heterocycles. The Morgan fingerprint density at radius 3 is 2.75 bits per heavy atom. The third kappa shape index (κ3) is 1.65. The number of rotatable bonds is 2. The molecule has 0 saturated heterocycles. The highest BCUT2D eigenvalue weighted by molar-refractivity contribution is 7.20. The minimum absolute atomic E-state index is 0.234. The predicted molar refractivity (Wildman–Crippen MR) is 64.1 cm³/mol. The molecular formula is C11H9NO3S. The van der Waals surface area contributed by atoms with Crippen LogP contribution in [0.2, 0.25) is 0 Å². The second-order valence-corrected chi connectivity index (χ2v) is 4.57. The van der Waals surface area contributed by atoms with E-state index in [1.54, 1.807) is 6.07 Å². The quantitative estimate of drug-likeness (QED) is 0.839. The number of aromatic nitrogens is 1. The second-order valence-electron chi connectivity index (χ2n) is 3.49. The van der Waals surface area contributed by atoms with Crippen LogP contribution in [-0.4, -0.2) is 16.1 Å². The van der Waals surface area contributed by atoms with E-state index in [0.717, 1.165) is 15.2 Å². The van der Waals surface area contributed by atoms with Crippen molar-refractivity contribution in [2.75, 3.05) is 0 Å². The third-order valence-corrected chi connectivity index (χ3v) is 3.42. The molecule has 0 unspecified atom stereocenters. The third-order valence-electron chi connectivity index (χ3n) is 2.18. The number of hydrogen-bond acceptors (Lipinski definition) is 3. The van der Waals surface area contributed by atoms with Crippen molar-refractivity contribution in [3.63, 3.8) is 0 Å². The average Bonchev–Trinajstić information content (AvgIpc) is 2.58. The van der Waals surface area contributed by atoms with E-state index in [1.165, 1.54) is 17.4 Å². The number of carboxylic acid groups (broad SMARTS) is 1. The number of hydrogen-bond donors (Lipinski definition) is 2. The number of H-pyrrole nitrogens is 1. The van der Waals surface area contributed by atoms with Gasteiger partial charge < -0.3 is 10.1 Å². The van der Waals surface area contributed by atoms with Gasteiger partial charge in [-0.1, -0.05) is 6.58 Å². The van der Waals surface area contributed by atoms with Crippen molar-refractivity contribution in [2.45, 2.75) is 6.92 Å². The smallest absolute Gasteiger partial charge is 0.341 e. The van der Waals surface area contributed by atoms with E-state index >= 15 is 0 Å². The van der Waals surface area contributed by atoms with E-state index in [0.29, 0.717) is 5.52 Å². The first kappa shape index (κ1) is 10.6. The number of aromatic carboxylic acids is 1. The molecule has 0 aromatic carbocycles. The first-order valence-corrected chi connectivity index (χ1v) is 5.36. The van der Waals surface area contributed by atoms with Crippen LogP contribution in [0.4, 0.5) is 0 Å². The summed E-state index contributed by atoms with van der Waals surface area (Å²) in [6.45, 7) is 5.66. The number of fused-ring (bicyclic) bond motifs is 1. The summed E-state index contributed by atoms with van der Waals surface area (Å²) in [6.07, 6.45) is 0. The van der Waals surface area contributed by atoms with Crippen LogP contribution in [0, 0.1) is 0 Å². The van der Waals surface area contributed by atoms with Crippen molar-refractivity contribution in [1.29, 1.82) is 0 Å². The fraction of sp³-hybridized carbons (Fsp3) is 0.0909. The minimum Gasteiger partial charge on any atom is -0.477 e. The lowest BCUT2D eigenvalue weighted by Gasteiger charge is -1.92. The number of pyridine rings is 1. The van der Waals surface area contributed by atoms with E-state index in [-0.39, 0.29) is 5.56 Å². The van der Waals surface area contributed by atoms with E-state index in [2.05, 4.69) is 11.6 Å². The van der Waals surface area contributed by atoms with Crippen LogP contribution in [0.15, 0.2) is 23.5 Å². The molecule has 0 atom stereocenters. The summed E-state index contributed by atoms with van der Waals surface area (Å²) in [5, 5.41) is 8.81. The van der Waals surface area contributed by atoms with Gasteiger partial charge in [-0.15, -0.1) is 11.3 Å². The zero-order chi connectivity index (χ0) is 11.9. The van der Waals surface area contributed by atoms with Gasteiger partial charge in [-0.05, 0) is 24.6 Å². The highest BCUT2D eigenvalue weighted by Crippen LogP contribution is 2.28. The standard InChI is InChI=1S/C11H9NO3S/c1-5(2)8-4-7-9(16-8)3-6(11(14)15)10(13)12-7/h3-4H,1H2,2H3,(H,12,13)(H,14,15). The van der Waals surface area contributed by atoms with Crippen molar-refractivity contribution >= 4 is 33.1 Å². The van der Waals surface area contributed by atoms with Crippen molar-refractivity contribution in [1.82, 2.24) is 4.98 Å². The Morgan fingerprint density at radius 2 is 2.19 bits per heavy atom. The highest BCUT2D eigenvalue weighted by atomic mass is 32.1. The normalized spacial score (nSPS) is 10.6. The number of carboxylic acids is 1. The van der Waals surface area contributed by atoms with E-state index in [9.17, 15) is 9.59 Å². The zero-order valence-corrected chi connectivity index (χ0v) is 9.35. The fourth-order valence-electron chi connectivity index (χ4n) is 1.37. The number of carbonyl (C=O) groups is 1. The molecule has 2 rings (SSSR count). The Labute approximate surface area is 94.9 Å². The number of aromatic amines is 1. The van der Waals surface area contributed by atoms with Crippen LogP contribution in [0.1, 0.15) is 22.2 Å². The molecule has 0 spiro atoms. The summed E-state index contributed by atoms with van der Waals surface area (Å²) in [5.74, 6) is -1.21. The van der Waals surface area contributed by atoms with Gasteiger partial charge in [0.1, 0.15) is 5.56 Å². The van der Waals surface area contributed by atoms with Crippen LogP contribution < -0.4 is 5.56 Å². The van der Waals surface area contributed by atoms with Gasteiger partial charge in [0, 0.05) is 4.88 Å². The molecule has 0 bridgehead atoms. The highest BCUT2D eigenvalue weighted by Gasteiger charge is 2.12. The molecule has 16 heavy (non-hydrogen) atoms. The number of thiophene rings is 1. The monoisotopic (exact) mass is 235 g/mol. The lowest BCUT2D eigenvalue weighted by Crippen LogP contribution is -2.16. The Kier molecular flexibility index (Phi) is 2.40. The van der Waals surface area contributed by atoms with Crippen LogP contribution in [0.25, 0.3) is 15.8 Å². The first-order chi connectivity index (χ1) is 7.49. The molecule has 0 aliphatic heterocycles. The van der Waals surface area contributed by atoms with Gasteiger partial charge in [0.2, 0.25) is 0 Å². The lowest BCUT2D eigenvalue weighted by molar-refractivity contribution is 0.0695. The largest absolute Gasteiger partial charge is 0.477 e. The molecule has 0 radical (unpaired) electrons. The molecule has 0 aliphatic carbocycles. The topological polar surface area (TPSA) is 70.2 Å². The second kappa shape index (κ2) is 3.61. The van der Waals surface area contributed by atoms with Gasteiger partial charge in [0.05, 0.1) is 10.2 Å². The molecule has 2 aromatic heterocycles. The van der Waals surface area contributed by atoms with E-state index < -0.39 is 11.5 Å². The Hall–Kier alpha value is -1.88. The van der Waals surface area contributed by atoms with Gasteiger partial charge in [-0.3, -0.25) is 4.79 Å². The summed E-state index contributed by atoms with van der Waals surface area (Å²) in [7, 11) is 0. The Balaban J connectivity index is 2.75. The molecule has 2 N–H and O–H groups in total. The summed E-state index contributed by atoms with van der Waals surface area (Å²) in [6, 6.07) is 3.20. The number of allylic oxidation sites excluding steroid dienone is 1. The van der Waals surface area contributed by atoms with Gasteiger partial charge in [-0.25, -0.2) is 4.79 Å². The molecule has 5 heteroatoms. The Morgan fingerprint density at radius 1 is 1.50 bits per heavy atom. The first-order valence-electron chi connectivity index (χ1n) is 4.55. The van der Waals surface area contributed by atoms with Crippen LogP contribution in [0.3, 0.4) is 0 Å². The van der Waals surface area contributed by atoms with Crippen LogP contribution in [0.5, 0.6) is 0 Å². The maximum atomic E-state index is 11.4. The fourth-order valence-corrected chi connectivity index (χ4v) is 2.35. The van der Waals surface area contributed by atoms with Gasteiger partial charge in [0.15, 0.2) is 0 Å². The average molecular weight is 235 g/mol. The summed E-state index contributed by atoms with van der Waals surface area (Å²) in [4.78, 5) is 25.7. The molecular weight excluding hydrogens is 226 g/mol. The summed E-state index contributed by atoms with van der Waals surface area (Å²) < 4.78 is 0.745. The summed E-state index contributed by atoms with van der Waals surface area (Å²) >= 11 is 1.41. The van der Waals surface area contributed by atoms with E-state index in [4.69, 9.17) is 5.11 Å². The molecule has 0 saturated carbocycles. The molecule has 2 aromatic rings. The molecule has 0 fully saturated rings. The van der Waals surface area contributed by atoms with Crippen molar-refractivity contribution < 1.29 is 9.90 Å². The SMILES string of the molecule is C=C(C)c1cc2[nH]c(=O)c(C(=O)O)cc2s1. The van der Waals surface area contributed by atoms with Crippen molar-refractivity contribution in [3.05, 3.63) is 39.5 Å². The zero-order valence-electron chi connectivity index (χ0n) is 8.53. The maximum absolute atomic E-state index is 11.4. The molecule has 0 amide bonds. The lowest BCUT2D eigenvalue weighted by atomic mass is 10.2. The molecule has 82 valence electrons. The Bertz CT molecular complexity index is 651. The van der Waals surface area contributed by atoms with E-state index in [1.807, 2.05) is 6.92 Å². The van der Waals surface area contributed by atoms with Gasteiger partial charge >= 0.3 is 5.97 Å². The van der Waals surface area contributed by atoms with Crippen molar-refractivity contribution in [3.8, 4) is 0 Å².